The van der Waals surface area contributed by atoms with Crippen LogP contribution in [-0.2, 0) is 0 Å². The fourth-order valence-electron chi connectivity index (χ4n) is 2.61. The Bertz CT molecular complexity index is 174. The van der Waals surface area contributed by atoms with E-state index in [9.17, 15) is 4.39 Å². The van der Waals surface area contributed by atoms with Gasteiger partial charge in [-0.05, 0) is 25.2 Å². The van der Waals surface area contributed by atoms with Gasteiger partial charge in [0, 0.05) is 0 Å². The fourth-order valence-corrected chi connectivity index (χ4v) is 2.61. The van der Waals surface area contributed by atoms with Crippen LogP contribution in [0.25, 0.3) is 0 Å². The average Bonchev–Trinajstić information content (AvgIpc) is 2.20. The molecule has 1 heteroatoms. The summed E-state index contributed by atoms with van der Waals surface area (Å²) < 4.78 is 12.6. The van der Waals surface area contributed by atoms with Crippen LogP contribution in [0, 0.1) is 11.8 Å². The van der Waals surface area contributed by atoms with E-state index in [0.29, 0.717) is 0 Å². The van der Waals surface area contributed by atoms with Crippen molar-refractivity contribution in [1.82, 2.24) is 0 Å². The molecule has 1 atom stereocenters. The van der Waals surface area contributed by atoms with Crippen LogP contribution in [0.1, 0.15) is 58.8 Å². The first kappa shape index (κ1) is 11.7. The highest BCUT2D eigenvalue weighted by Gasteiger charge is 2.21. The van der Waals surface area contributed by atoms with Gasteiger partial charge in [0.25, 0.3) is 0 Å². The number of rotatable bonds is 4. The first-order chi connectivity index (χ1) is 6.74. The summed E-state index contributed by atoms with van der Waals surface area (Å²) in [6, 6.07) is 0. The first-order valence-electron chi connectivity index (χ1n) is 6.06. The molecular weight excluding hydrogens is 175 g/mol. The zero-order valence-electron chi connectivity index (χ0n) is 9.56. The topological polar surface area (TPSA) is 0 Å². The van der Waals surface area contributed by atoms with Gasteiger partial charge in [0.05, 0.1) is 5.83 Å². The monoisotopic (exact) mass is 198 g/mol. The second kappa shape index (κ2) is 6.21. The third-order valence-corrected chi connectivity index (χ3v) is 3.54. The van der Waals surface area contributed by atoms with E-state index in [1.807, 2.05) is 0 Å². The molecule has 14 heavy (non-hydrogen) atoms. The summed E-state index contributed by atoms with van der Waals surface area (Å²) in [7, 11) is 0. The Labute approximate surface area is 87.6 Å². The molecule has 0 aromatic heterocycles. The van der Waals surface area contributed by atoms with Crippen molar-refractivity contribution in [2.75, 3.05) is 0 Å². The average molecular weight is 198 g/mol. The standard InChI is InChI=1S/C13H23F/c1-3-12(10-9-11(2)14)13-7-5-4-6-8-13/h9,12-13H,3-8,10H2,1-2H3/b11-9+. The van der Waals surface area contributed by atoms with Crippen LogP contribution in [0.15, 0.2) is 11.9 Å². The Morgan fingerprint density at radius 3 is 2.50 bits per heavy atom. The number of hydrogen-bond acceptors (Lipinski definition) is 0. The molecule has 0 radical (unpaired) electrons. The molecule has 0 heterocycles. The van der Waals surface area contributed by atoms with Crippen LogP contribution in [0.3, 0.4) is 0 Å². The molecule has 1 rings (SSSR count). The SMILES string of the molecule is CCC(C/C=C(\C)F)C1CCCCC1. The molecule has 1 aliphatic rings. The van der Waals surface area contributed by atoms with Gasteiger partial charge in [-0.25, -0.2) is 4.39 Å². The van der Waals surface area contributed by atoms with E-state index in [2.05, 4.69) is 6.92 Å². The van der Waals surface area contributed by atoms with E-state index >= 15 is 0 Å². The van der Waals surface area contributed by atoms with Crippen LogP contribution in [0.4, 0.5) is 4.39 Å². The van der Waals surface area contributed by atoms with Crippen molar-refractivity contribution in [3.63, 3.8) is 0 Å². The number of halogens is 1. The smallest absolute Gasteiger partial charge is 0.0929 e. The zero-order valence-corrected chi connectivity index (χ0v) is 9.56. The number of allylic oxidation sites excluding steroid dienone is 2. The van der Waals surface area contributed by atoms with Crippen molar-refractivity contribution in [2.24, 2.45) is 11.8 Å². The molecule has 0 aliphatic heterocycles. The third kappa shape index (κ3) is 3.81. The Balaban J connectivity index is 2.39. The lowest BCUT2D eigenvalue weighted by Crippen LogP contribution is -2.16. The van der Waals surface area contributed by atoms with Gasteiger partial charge >= 0.3 is 0 Å². The quantitative estimate of drug-likeness (QED) is 0.605. The fraction of sp³-hybridized carbons (Fsp3) is 0.846. The Morgan fingerprint density at radius 2 is 2.00 bits per heavy atom. The lowest BCUT2D eigenvalue weighted by atomic mass is 9.77. The zero-order chi connectivity index (χ0) is 10.4. The molecule has 0 nitrogen and oxygen atoms in total. The van der Waals surface area contributed by atoms with Crippen molar-refractivity contribution in [1.29, 1.82) is 0 Å². The highest BCUT2D eigenvalue weighted by atomic mass is 19.1. The Morgan fingerprint density at radius 1 is 1.36 bits per heavy atom. The normalized spacial score (nSPS) is 22.4. The van der Waals surface area contributed by atoms with Gasteiger partial charge in [0.15, 0.2) is 0 Å². The van der Waals surface area contributed by atoms with Gasteiger partial charge in [0.1, 0.15) is 0 Å². The summed E-state index contributed by atoms with van der Waals surface area (Å²) in [5.74, 6) is 1.57. The molecule has 1 saturated carbocycles. The second-order valence-electron chi connectivity index (χ2n) is 4.59. The van der Waals surface area contributed by atoms with Crippen molar-refractivity contribution in [3.8, 4) is 0 Å². The second-order valence-corrected chi connectivity index (χ2v) is 4.59. The van der Waals surface area contributed by atoms with Gasteiger partial charge in [-0.3, -0.25) is 0 Å². The van der Waals surface area contributed by atoms with E-state index in [0.717, 1.165) is 18.3 Å². The maximum absolute atomic E-state index is 12.6. The van der Waals surface area contributed by atoms with E-state index in [1.165, 1.54) is 38.5 Å². The third-order valence-electron chi connectivity index (χ3n) is 3.54. The minimum absolute atomic E-state index is 0.0146. The van der Waals surface area contributed by atoms with Crippen LogP contribution in [-0.4, -0.2) is 0 Å². The number of hydrogen-bond donors (Lipinski definition) is 0. The summed E-state index contributed by atoms with van der Waals surface area (Å²) in [5, 5.41) is 0. The molecular formula is C13H23F. The van der Waals surface area contributed by atoms with E-state index in [4.69, 9.17) is 0 Å². The molecule has 0 saturated heterocycles. The minimum atomic E-state index is -0.0146. The van der Waals surface area contributed by atoms with Gasteiger partial charge in [-0.1, -0.05) is 51.5 Å². The maximum atomic E-state index is 12.6. The van der Waals surface area contributed by atoms with Gasteiger partial charge < -0.3 is 0 Å². The molecule has 1 aliphatic carbocycles. The molecule has 1 fully saturated rings. The summed E-state index contributed by atoms with van der Waals surface area (Å²) in [4.78, 5) is 0. The Kier molecular flexibility index (Phi) is 5.21. The molecule has 1 unspecified atom stereocenters. The highest BCUT2D eigenvalue weighted by Crippen LogP contribution is 2.33. The lowest BCUT2D eigenvalue weighted by Gasteiger charge is -2.28. The molecule has 0 amide bonds. The molecule has 0 bridgehead atoms. The van der Waals surface area contributed by atoms with Crippen LogP contribution < -0.4 is 0 Å². The largest absolute Gasteiger partial charge is 0.212 e. The van der Waals surface area contributed by atoms with Crippen molar-refractivity contribution in [2.45, 2.75) is 58.8 Å². The molecule has 0 spiro atoms. The molecule has 0 aromatic rings. The molecule has 0 aromatic carbocycles. The lowest BCUT2D eigenvalue weighted by molar-refractivity contribution is 0.242. The van der Waals surface area contributed by atoms with Gasteiger partial charge in [0.2, 0.25) is 0 Å². The minimum Gasteiger partial charge on any atom is -0.212 e. The van der Waals surface area contributed by atoms with E-state index < -0.39 is 0 Å². The molecule has 0 N–H and O–H groups in total. The van der Waals surface area contributed by atoms with Crippen molar-refractivity contribution in [3.05, 3.63) is 11.9 Å². The summed E-state index contributed by atoms with van der Waals surface area (Å²) in [6.07, 6.45) is 10.8. The predicted molar refractivity (Wildman–Crippen MR) is 59.8 cm³/mol. The predicted octanol–water partition coefficient (Wildman–Crippen LogP) is 4.86. The summed E-state index contributed by atoms with van der Waals surface area (Å²) in [5.41, 5.74) is 0. The van der Waals surface area contributed by atoms with Crippen LogP contribution >= 0.6 is 0 Å². The Hall–Kier alpha value is -0.330. The summed E-state index contributed by atoms with van der Waals surface area (Å²) in [6.45, 7) is 3.79. The summed E-state index contributed by atoms with van der Waals surface area (Å²) >= 11 is 0. The highest BCUT2D eigenvalue weighted by molar-refractivity contribution is 4.89. The van der Waals surface area contributed by atoms with Gasteiger partial charge in [-0.2, -0.15) is 0 Å². The molecule has 82 valence electrons. The van der Waals surface area contributed by atoms with Crippen molar-refractivity contribution >= 4 is 0 Å². The van der Waals surface area contributed by atoms with Crippen molar-refractivity contribution < 1.29 is 4.39 Å². The van der Waals surface area contributed by atoms with Crippen LogP contribution in [0.2, 0.25) is 0 Å². The van der Waals surface area contributed by atoms with Gasteiger partial charge in [-0.15, -0.1) is 0 Å². The van der Waals surface area contributed by atoms with Crippen LogP contribution in [0.5, 0.6) is 0 Å². The van der Waals surface area contributed by atoms with E-state index in [1.54, 1.807) is 13.0 Å². The first-order valence-corrected chi connectivity index (χ1v) is 6.06. The van der Waals surface area contributed by atoms with E-state index in [-0.39, 0.29) is 5.83 Å². The maximum Gasteiger partial charge on any atom is 0.0929 e.